The van der Waals surface area contributed by atoms with Gasteiger partial charge in [0.1, 0.15) is 0 Å². The molecule has 0 aromatic heterocycles. The number of hydrogen-bond donors (Lipinski definition) is 1. The fourth-order valence-corrected chi connectivity index (χ4v) is 2.78. The zero-order chi connectivity index (χ0) is 14.9. The third-order valence-electron chi connectivity index (χ3n) is 3.66. The fraction of sp³-hybridized carbons (Fsp3) is 0.500. The van der Waals surface area contributed by atoms with Crippen molar-refractivity contribution < 1.29 is 9.72 Å². The summed E-state index contributed by atoms with van der Waals surface area (Å²) in [5, 5.41) is 10.9. The highest BCUT2D eigenvalue weighted by Gasteiger charge is 2.36. The molecule has 1 saturated heterocycles. The van der Waals surface area contributed by atoms with Gasteiger partial charge in [-0.05, 0) is 25.8 Å². The first-order chi connectivity index (χ1) is 9.41. The Morgan fingerprint density at radius 2 is 2.15 bits per heavy atom. The highest BCUT2D eigenvalue weighted by atomic mass is 16.6. The lowest BCUT2D eigenvalue weighted by molar-refractivity contribution is -0.385. The van der Waals surface area contributed by atoms with E-state index >= 15 is 0 Å². The Morgan fingerprint density at radius 1 is 1.45 bits per heavy atom. The molecule has 6 nitrogen and oxygen atoms in total. The van der Waals surface area contributed by atoms with E-state index in [1.165, 1.54) is 12.1 Å². The largest absolute Gasteiger partial charge is 0.332 e. The minimum atomic E-state index is -0.431. The molecule has 0 bridgehead atoms. The summed E-state index contributed by atoms with van der Waals surface area (Å²) < 4.78 is 0. The van der Waals surface area contributed by atoms with Crippen molar-refractivity contribution in [3.05, 3.63) is 39.9 Å². The second-order valence-corrected chi connectivity index (χ2v) is 5.39. The molecule has 2 atom stereocenters. The van der Waals surface area contributed by atoms with Crippen molar-refractivity contribution >= 4 is 11.6 Å². The molecule has 6 heteroatoms. The van der Waals surface area contributed by atoms with Gasteiger partial charge in [0.25, 0.3) is 5.69 Å². The number of nitrogens with zero attached hydrogens (tertiary/aromatic N) is 2. The molecule has 2 N–H and O–H groups in total. The van der Waals surface area contributed by atoms with Gasteiger partial charge >= 0.3 is 0 Å². The summed E-state index contributed by atoms with van der Waals surface area (Å²) in [6, 6.07) is 5.91. The van der Waals surface area contributed by atoms with Crippen LogP contribution in [0.5, 0.6) is 0 Å². The molecule has 108 valence electrons. The molecule has 0 spiro atoms. The number of nitrogens with two attached hydrogens (primary N) is 1. The first-order valence-corrected chi connectivity index (χ1v) is 6.73. The Kier molecular flexibility index (Phi) is 4.04. The molecule has 1 aliphatic rings. The number of piperidine rings is 1. The van der Waals surface area contributed by atoms with E-state index in [-0.39, 0.29) is 29.7 Å². The zero-order valence-electron chi connectivity index (χ0n) is 11.7. The molecule has 2 unspecified atom stereocenters. The third-order valence-corrected chi connectivity index (χ3v) is 3.66. The van der Waals surface area contributed by atoms with Gasteiger partial charge in [-0.15, -0.1) is 0 Å². The van der Waals surface area contributed by atoms with E-state index < -0.39 is 4.92 Å². The van der Waals surface area contributed by atoms with Crippen LogP contribution in [0, 0.1) is 10.1 Å². The molecule has 1 aromatic carbocycles. The highest BCUT2D eigenvalue weighted by molar-refractivity contribution is 5.78. The standard InChI is InChI=1S/C14H19N3O3/c1-9(2)16-13(18)7-6-12(15)14(16)10-4-3-5-11(8-10)17(19)20/h3-5,8-9,12,14H,6-7,15H2,1-2H3. The molecule has 0 radical (unpaired) electrons. The summed E-state index contributed by atoms with van der Waals surface area (Å²) in [4.78, 5) is 24.3. The van der Waals surface area contributed by atoms with Gasteiger partial charge < -0.3 is 10.6 Å². The Morgan fingerprint density at radius 3 is 2.75 bits per heavy atom. The minimum Gasteiger partial charge on any atom is -0.332 e. The number of nitro benzene ring substituents is 1. The number of hydrogen-bond acceptors (Lipinski definition) is 4. The molecule has 1 aliphatic heterocycles. The van der Waals surface area contributed by atoms with Gasteiger partial charge in [0.15, 0.2) is 0 Å². The van der Waals surface area contributed by atoms with Crippen LogP contribution >= 0.6 is 0 Å². The zero-order valence-corrected chi connectivity index (χ0v) is 11.7. The molecule has 1 aromatic rings. The molecular formula is C14H19N3O3. The molecule has 1 heterocycles. The second-order valence-electron chi connectivity index (χ2n) is 5.39. The Hall–Kier alpha value is -1.95. The molecule has 0 saturated carbocycles. The quantitative estimate of drug-likeness (QED) is 0.676. The minimum absolute atomic E-state index is 0.0121. The fourth-order valence-electron chi connectivity index (χ4n) is 2.78. The maximum absolute atomic E-state index is 12.1. The number of non-ortho nitro benzene ring substituents is 1. The van der Waals surface area contributed by atoms with Gasteiger partial charge in [0, 0.05) is 30.6 Å². The SMILES string of the molecule is CC(C)N1C(=O)CCC(N)C1c1cccc([N+](=O)[O-])c1. The predicted octanol–water partition coefficient (Wildman–Crippen LogP) is 1.99. The topological polar surface area (TPSA) is 89.5 Å². The van der Waals surface area contributed by atoms with Crippen LogP contribution in [0.25, 0.3) is 0 Å². The van der Waals surface area contributed by atoms with Gasteiger partial charge in [-0.2, -0.15) is 0 Å². The monoisotopic (exact) mass is 277 g/mol. The molecule has 20 heavy (non-hydrogen) atoms. The number of carbonyl (C=O) groups excluding carboxylic acids is 1. The van der Waals surface area contributed by atoms with Crippen molar-refractivity contribution in [2.24, 2.45) is 5.73 Å². The van der Waals surface area contributed by atoms with Crippen LogP contribution in [-0.4, -0.2) is 27.8 Å². The van der Waals surface area contributed by atoms with E-state index in [2.05, 4.69) is 0 Å². The van der Waals surface area contributed by atoms with Crippen molar-refractivity contribution in [3.8, 4) is 0 Å². The molecule has 1 amide bonds. The lowest BCUT2D eigenvalue weighted by Gasteiger charge is -2.42. The summed E-state index contributed by atoms with van der Waals surface area (Å²) in [6.07, 6.45) is 1.04. The number of rotatable bonds is 3. The molecule has 1 fully saturated rings. The van der Waals surface area contributed by atoms with Gasteiger partial charge in [0.2, 0.25) is 5.91 Å². The Labute approximate surface area is 117 Å². The van der Waals surface area contributed by atoms with Crippen LogP contribution in [0.4, 0.5) is 5.69 Å². The van der Waals surface area contributed by atoms with Crippen molar-refractivity contribution in [2.75, 3.05) is 0 Å². The summed E-state index contributed by atoms with van der Waals surface area (Å²) in [7, 11) is 0. The molecule has 2 rings (SSSR count). The maximum atomic E-state index is 12.1. The molecular weight excluding hydrogens is 258 g/mol. The second kappa shape index (κ2) is 5.58. The number of likely N-dealkylation sites (tertiary alicyclic amines) is 1. The summed E-state index contributed by atoms with van der Waals surface area (Å²) in [6.45, 7) is 3.86. The number of amides is 1. The van der Waals surface area contributed by atoms with Crippen LogP contribution < -0.4 is 5.73 Å². The first kappa shape index (κ1) is 14.5. The van der Waals surface area contributed by atoms with Crippen LogP contribution in [-0.2, 0) is 4.79 Å². The van der Waals surface area contributed by atoms with Gasteiger partial charge in [-0.1, -0.05) is 12.1 Å². The van der Waals surface area contributed by atoms with E-state index in [0.29, 0.717) is 12.8 Å². The van der Waals surface area contributed by atoms with Gasteiger partial charge in [-0.25, -0.2) is 0 Å². The van der Waals surface area contributed by atoms with Gasteiger partial charge in [0.05, 0.1) is 11.0 Å². The van der Waals surface area contributed by atoms with Crippen molar-refractivity contribution in [1.82, 2.24) is 4.90 Å². The van der Waals surface area contributed by atoms with Crippen LogP contribution in [0.3, 0.4) is 0 Å². The lowest BCUT2D eigenvalue weighted by Crippen LogP contribution is -2.51. The van der Waals surface area contributed by atoms with Crippen LogP contribution in [0.15, 0.2) is 24.3 Å². The number of nitro groups is 1. The normalized spacial score (nSPS) is 23.2. The van der Waals surface area contributed by atoms with E-state index in [9.17, 15) is 14.9 Å². The van der Waals surface area contributed by atoms with E-state index in [1.807, 2.05) is 13.8 Å². The van der Waals surface area contributed by atoms with Crippen LogP contribution in [0.1, 0.15) is 38.3 Å². The Balaban J connectivity index is 2.43. The predicted molar refractivity (Wildman–Crippen MR) is 75.0 cm³/mol. The first-order valence-electron chi connectivity index (χ1n) is 6.73. The summed E-state index contributed by atoms with van der Waals surface area (Å²) >= 11 is 0. The summed E-state index contributed by atoms with van der Waals surface area (Å²) in [5.74, 6) is 0.0539. The smallest absolute Gasteiger partial charge is 0.269 e. The average Bonchev–Trinajstić information content (AvgIpc) is 2.40. The van der Waals surface area contributed by atoms with Crippen LogP contribution in [0.2, 0.25) is 0 Å². The van der Waals surface area contributed by atoms with Crippen molar-refractivity contribution in [3.63, 3.8) is 0 Å². The van der Waals surface area contributed by atoms with E-state index in [4.69, 9.17) is 5.73 Å². The van der Waals surface area contributed by atoms with E-state index in [0.717, 1.165) is 5.56 Å². The van der Waals surface area contributed by atoms with Crippen molar-refractivity contribution in [1.29, 1.82) is 0 Å². The maximum Gasteiger partial charge on any atom is 0.269 e. The highest BCUT2D eigenvalue weighted by Crippen LogP contribution is 2.33. The van der Waals surface area contributed by atoms with E-state index in [1.54, 1.807) is 17.0 Å². The number of carbonyl (C=O) groups is 1. The third kappa shape index (κ3) is 2.65. The average molecular weight is 277 g/mol. The van der Waals surface area contributed by atoms with Crippen molar-refractivity contribution in [2.45, 2.75) is 44.8 Å². The number of benzene rings is 1. The summed E-state index contributed by atoms with van der Waals surface area (Å²) in [5.41, 5.74) is 6.92. The Bertz CT molecular complexity index is 530. The lowest BCUT2D eigenvalue weighted by atomic mass is 9.89. The molecule has 0 aliphatic carbocycles. The van der Waals surface area contributed by atoms with Gasteiger partial charge in [-0.3, -0.25) is 14.9 Å².